The molecule has 3 rings (SSSR count). The molecular formula is C22H20F3N3O2. The molecule has 156 valence electrons. The molecule has 0 spiro atoms. The smallest absolute Gasteiger partial charge is 0.406 e. The average molecular weight is 415 g/mol. The summed E-state index contributed by atoms with van der Waals surface area (Å²) in [6.45, 7) is 0.152. The average Bonchev–Trinajstić information content (AvgIpc) is 2.73. The third kappa shape index (κ3) is 5.73. The van der Waals surface area contributed by atoms with Crippen molar-refractivity contribution in [1.29, 1.82) is 0 Å². The summed E-state index contributed by atoms with van der Waals surface area (Å²) in [6.07, 6.45) is -3.07. The largest absolute Gasteiger partial charge is 0.573 e. The number of halogens is 3. The molecule has 8 heteroatoms. The van der Waals surface area contributed by atoms with Gasteiger partial charge in [0, 0.05) is 19.8 Å². The number of aromatic nitrogens is 1. The zero-order valence-corrected chi connectivity index (χ0v) is 16.1. The molecule has 0 fully saturated rings. The van der Waals surface area contributed by atoms with Gasteiger partial charge >= 0.3 is 12.4 Å². The Morgan fingerprint density at radius 1 is 1.03 bits per heavy atom. The van der Waals surface area contributed by atoms with E-state index in [-0.39, 0.29) is 18.3 Å². The highest BCUT2D eigenvalue weighted by atomic mass is 19.4. The van der Waals surface area contributed by atoms with E-state index in [9.17, 15) is 18.0 Å². The summed E-state index contributed by atoms with van der Waals surface area (Å²) in [6, 6.07) is 19.6. The van der Waals surface area contributed by atoms with Gasteiger partial charge in [-0.3, -0.25) is 4.98 Å². The number of nitrogens with zero attached hydrogens (tertiary/aromatic N) is 2. The summed E-state index contributed by atoms with van der Waals surface area (Å²) in [7, 11) is 1.67. The van der Waals surface area contributed by atoms with Crippen molar-refractivity contribution in [2.24, 2.45) is 0 Å². The molecular weight excluding hydrogens is 395 g/mol. The Morgan fingerprint density at radius 2 is 1.70 bits per heavy atom. The molecule has 0 saturated carbocycles. The van der Waals surface area contributed by atoms with Crippen LogP contribution < -0.4 is 10.1 Å². The Balaban J connectivity index is 1.69. The van der Waals surface area contributed by atoms with Gasteiger partial charge in [-0.15, -0.1) is 13.2 Å². The Morgan fingerprint density at radius 3 is 2.30 bits per heavy atom. The zero-order valence-electron chi connectivity index (χ0n) is 16.1. The topological polar surface area (TPSA) is 54.5 Å². The fourth-order valence-electron chi connectivity index (χ4n) is 2.99. The van der Waals surface area contributed by atoms with Crippen molar-refractivity contribution in [3.63, 3.8) is 0 Å². The van der Waals surface area contributed by atoms with Crippen molar-refractivity contribution in [3.8, 4) is 5.75 Å². The van der Waals surface area contributed by atoms with Crippen molar-refractivity contribution in [3.05, 3.63) is 95.8 Å². The predicted molar refractivity (Wildman–Crippen MR) is 106 cm³/mol. The molecule has 0 aliphatic rings. The molecule has 0 radical (unpaired) electrons. The number of urea groups is 1. The highest BCUT2D eigenvalue weighted by Crippen LogP contribution is 2.26. The third-order valence-electron chi connectivity index (χ3n) is 4.39. The molecule has 0 aliphatic carbocycles. The summed E-state index contributed by atoms with van der Waals surface area (Å²) >= 11 is 0. The summed E-state index contributed by atoms with van der Waals surface area (Å²) in [5, 5.41) is 2.78. The van der Waals surface area contributed by atoms with E-state index in [0.717, 1.165) is 11.3 Å². The van der Waals surface area contributed by atoms with Crippen LogP contribution in [0.4, 0.5) is 18.0 Å². The molecule has 0 saturated heterocycles. The first-order valence-corrected chi connectivity index (χ1v) is 9.15. The van der Waals surface area contributed by atoms with Gasteiger partial charge in [0.1, 0.15) is 11.8 Å². The number of hydrogen-bond acceptors (Lipinski definition) is 3. The number of carbonyl (C=O) groups excluding carboxylic acids is 1. The lowest BCUT2D eigenvalue weighted by molar-refractivity contribution is -0.274. The minimum absolute atomic E-state index is 0.152. The molecule has 1 atom stereocenters. The predicted octanol–water partition coefficient (Wildman–Crippen LogP) is 4.91. The van der Waals surface area contributed by atoms with Gasteiger partial charge in [-0.2, -0.15) is 0 Å². The van der Waals surface area contributed by atoms with E-state index in [4.69, 9.17) is 0 Å². The van der Waals surface area contributed by atoms with Crippen LogP contribution in [-0.4, -0.2) is 29.3 Å². The second kappa shape index (κ2) is 9.30. The number of nitrogens with one attached hydrogen (secondary N) is 1. The summed E-state index contributed by atoms with van der Waals surface area (Å²) in [5.74, 6) is -0.311. The zero-order chi connectivity index (χ0) is 21.6. The second-order valence-corrected chi connectivity index (χ2v) is 6.53. The van der Waals surface area contributed by atoms with Crippen molar-refractivity contribution < 1.29 is 22.7 Å². The van der Waals surface area contributed by atoms with E-state index in [2.05, 4.69) is 15.0 Å². The van der Waals surface area contributed by atoms with Gasteiger partial charge in [0.25, 0.3) is 0 Å². The molecule has 30 heavy (non-hydrogen) atoms. The number of benzene rings is 2. The van der Waals surface area contributed by atoms with Gasteiger partial charge < -0.3 is 15.0 Å². The number of amides is 2. The first kappa shape index (κ1) is 21.2. The van der Waals surface area contributed by atoms with E-state index >= 15 is 0 Å². The molecule has 3 aromatic rings. The normalized spacial score (nSPS) is 12.1. The number of alkyl halides is 3. The van der Waals surface area contributed by atoms with Crippen molar-refractivity contribution in [2.75, 3.05) is 7.05 Å². The first-order chi connectivity index (χ1) is 14.3. The Hall–Kier alpha value is -3.55. The molecule has 0 unspecified atom stereocenters. The molecule has 1 N–H and O–H groups in total. The monoisotopic (exact) mass is 415 g/mol. The maximum Gasteiger partial charge on any atom is 0.573 e. The number of ether oxygens (including phenoxy) is 1. The van der Waals surface area contributed by atoms with E-state index in [1.165, 1.54) is 24.3 Å². The lowest BCUT2D eigenvalue weighted by atomic mass is 10.0. The van der Waals surface area contributed by atoms with Crippen LogP contribution in [0.3, 0.4) is 0 Å². The Kier molecular flexibility index (Phi) is 6.56. The lowest BCUT2D eigenvalue weighted by Gasteiger charge is -2.28. The van der Waals surface area contributed by atoms with Gasteiger partial charge in [-0.05, 0) is 35.4 Å². The molecule has 5 nitrogen and oxygen atoms in total. The maximum absolute atomic E-state index is 12.8. The minimum atomic E-state index is -4.74. The molecule has 1 aromatic heterocycles. The number of pyridine rings is 1. The van der Waals surface area contributed by atoms with E-state index in [0.29, 0.717) is 5.56 Å². The van der Waals surface area contributed by atoms with Gasteiger partial charge in [0.15, 0.2) is 0 Å². The molecule has 0 aliphatic heterocycles. The second-order valence-electron chi connectivity index (χ2n) is 6.53. The van der Waals surface area contributed by atoms with Crippen LogP contribution in [0.15, 0.2) is 79.0 Å². The third-order valence-corrected chi connectivity index (χ3v) is 4.39. The first-order valence-electron chi connectivity index (χ1n) is 9.15. The standard InChI is InChI=1S/C22H20F3N3O2/c1-28(20(17-7-3-2-4-8-17)19-9-5-6-14-26-19)21(29)27-15-16-10-12-18(13-11-16)30-22(23,24)25/h2-14,20H,15H2,1H3,(H,27,29)/t20-/m0/s1. The Bertz CT molecular complexity index is 909. The lowest BCUT2D eigenvalue weighted by Crippen LogP contribution is -2.40. The van der Waals surface area contributed by atoms with Gasteiger partial charge in [0.05, 0.1) is 5.69 Å². The minimum Gasteiger partial charge on any atom is -0.406 e. The van der Waals surface area contributed by atoms with Crippen LogP contribution in [0.2, 0.25) is 0 Å². The number of rotatable bonds is 6. The van der Waals surface area contributed by atoms with Crippen molar-refractivity contribution in [2.45, 2.75) is 18.9 Å². The van der Waals surface area contributed by atoms with Crippen LogP contribution in [0.5, 0.6) is 5.75 Å². The van der Waals surface area contributed by atoms with Crippen LogP contribution >= 0.6 is 0 Å². The van der Waals surface area contributed by atoms with Crippen LogP contribution in [0.1, 0.15) is 22.9 Å². The van der Waals surface area contributed by atoms with Crippen molar-refractivity contribution in [1.82, 2.24) is 15.2 Å². The van der Waals surface area contributed by atoms with Crippen LogP contribution in [-0.2, 0) is 6.54 Å². The van der Waals surface area contributed by atoms with Gasteiger partial charge in [0.2, 0.25) is 0 Å². The van der Waals surface area contributed by atoms with E-state index in [1.807, 2.05) is 42.5 Å². The summed E-state index contributed by atoms with van der Waals surface area (Å²) in [4.78, 5) is 18.7. The van der Waals surface area contributed by atoms with Gasteiger partial charge in [-0.25, -0.2) is 4.79 Å². The summed E-state index contributed by atoms with van der Waals surface area (Å²) < 4.78 is 40.6. The molecule has 0 bridgehead atoms. The SMILES string of the molecule is CN(C(=O)NCc1ccc(OC(F)(F)F)cc1)[C@@H](c1ccccc1)c1ccccn1. The number of carbonyl (C=O) groups is 1. The van der Waals surface area contributed by atoms with E-state index in [1.54, 1.807) is 24.2 Å². The molecule has 2 aromatic carbocycles. The Labute approximate surface area is 172 Å². The maximum atomic E-state index is 12.8. The molecule has 1 heterocycles. The fourth-order valence-corrected chi connectivity index (χ4v) is 2.99. The summed E-state index contributed by atoms with van der Waals surface area (Å²) in [5.41, 5.74) is 2.26. The van der Waals surface area contributed by atoms with Crippen LogP contribution in [0.25, 0.3) is 0 Å². The van der Waals surface area contributed by atoms with Crippen LogP contribution in [0, 0.1) is 0 Å². The number of hydrogen-bond donors (Lipinski definition) is 1. The fraction of sp³-hybridized carbons (Fsp3) is 0.182. The van der Waals surface area contributed by atoms with Crippen molar-refractivity contribution >= 4 is 6.03 Å². The molecule has 2 amide bonds. The van der Waals surface area contributed by atoms with E-state index < -0.39 is 12.4 Å². The highest BCUT2D eigenvalue weighted by molar-refractivity contribution is 5.75. The quantitative estimate of drug-likeness (QED) is 0.622. The highest BCUT2D eigenvalue weighted by Gasteiger charge is 2.31. The van der Waals surface area contributed by atoms with Gasteiger partial charge in [-0.1, -0.05) is 48.5 Å².